The second-order valence-electron chi connectivity index (χ2n) is 7.01. The largest absolute Gasteiger partial charge is 0.438 e. The van der Waals surface area contributed by atoms with E-state index in [1.165, 1.54) is 11.3 Å². The molecule has 4 rings (SSSR count). The zero-order valence-electron chi connectivity index (χ0n) is 17.5. The zero-order valence-corrected chi connectivity index (χ0v) is 18.4. The van der Waals surface area contributed by atoms with Crippen LogP contribution in [-0.4, -0.2) is 20.9 Å². The summed E-state index contributed by atoms with van der Waals surface area (Å²) in [5.74, 6) is 1.78. The molecule has 0 aliphatic carbocycles. The van der Waals surface area contributed by atoms with Gasteiger partial charge in [-0.1, -0.05) is 6.92 Å². The maximum atomic E-state index is 12.4. The molecule has 4 aromatic rings. The first kappa shape index (κ1) is 20.7. The lowest BCUT2D eigenvalue weighted by atomic mass is 10.1. The molecule has 3 aromatic heterocycles. The summed E-state index contributed by atoms with van der Waals surface area (Å²) in [5.41, 5.74) is 3.16. The van der Waals surface area contributed by atoms with Gasteiger partial charge in [-0.3, -0.25) is 4.79 Å². The quantitative estimate of drug-likeness (QED) is 0.417. The van der Waals surface area contributed by atoms with Gasteiger partial charge in [0.15, 0.2) is 0 Å². The topological polar surface area (TPSA) is 77.0 Å². The van der Waals surface area contributed by atoms with Gasteiger partial charge in [-0.15, -0.1) is 11.3 Å². The van der Waals surface area contributed by atoms with Crippen molar-refractivity contribution in [3.05, 3.63) is 82.1 Å². The molecule has 1 amide bonds. The lowest BCUT2D eigenvalue weighted by Crippen LogP contribution is -2.10. The summed E-state index contributed by atoms with van der Waals surface area (Å²) in [6.07, 6.45) is 4.19. The molecule has 0 aliphatic rings. The van der Waals surface area contributed by atoms with Crippen LogP contribution < -0.4 is 10.1 Å². The Morgan fingerprint density at radius 1 is 1.06 bits per heavy atom. The number of carbonyl (C=O) groups excluding carboxylic acids is 1. The van der Waals surface area contributed by atoms with Gasteiger partial charge in [-0.05, 0) is 67.9 Å². The molecular formula is C24H22N4O2S. The first-order valence-electron chi connectivity index (χ1n) is 9.97. The van der Waals surface area contributed by atoms with E-state index in [4.69, 9.17) is 4.74 Å². The van der Waals surface area contributed by atoms with E-state index in [9.17, 15) is 4.79 Å². The Balaban J connectivity index is 1.56. The minimum atomic E-state index is -0.117. The third-order valence-corrected chi connectivity index (χ3v) is 5.67. The van der Waals surface area contributed by atoms with Crippen molar-refractivity contribution in [2.24, 2.45) is 0 Å². The maximum absolute atomic E-state index is 12.4. The standard InChI is InChI=1S/C24H22N4O2S/c1-4-22-25-13-11-19(28-22)18-6-5-12-26-24(18)30-20-9-8-17(14-15(20)2)27-23(29)21-10-7-16(3)31-21/h5-14H,4H2,1-3H3,(H,27,29). The van der Waals surface area contributed by atoms with Crippen molar-refractivity contribution in [1.29, 1.82) is 0 Å². The fourth-order valence-corrected chi connectivity index (χ4v) is 3.84. The predicted molar refractivity (Wildman–Crippen MR) is 123 cm³/mol. The van der Waals surface area contributed by atoms with E-state index < -0.39 is 0 Å². The van der Waals surface area contributed by atoms with Crippen molar-refractivity contribution in [3.63, 3.8) is 0 Å². The van der Waals surface area contributed by atoms with Gasteiger partial charge in [0, 0.05) is 29.4 Å². The summed E-state index contributed by atoms with van der Waals surface area (Å²) in [4.78, 5) is 27.5. The smallest absolute Gasteiger partial charge is 0.265 e. The van der Waals surface area contributed by atoms with Gasteiger partial charge in [0.1, 0.15) is 11.6 Å². The van der Waals surface area contributed by atoms with Crippen molar-refractivity contribution in [1.82, 2.24) is 15.0 Å². The van der Waals surface area contributed by atoms with Gasteiger partial charge in [0.05, 0.1) is 16.1 Å². The van der Waals surface area contributed by atoms with Gasteiger partial charge in [0.25, 0.3) is 5.91 Å². The summed E-state index contributed by atoms with van der Waals surface area (Å²) in [5, 5.41) is 2.94. The third kappa shape index (κ3) is 4.78. The van der Waals surface area contributed by atoms with Crippen LogP contribution in [0.25, 0.3) is 11.3 Å². The van der Waals surface area contributed by atoms with Gasteiger partial charge in [0.2, 0.25) is 5.88 Å². The fourth-order valence-electron chi connectivity index (χ4n) is 3.08. The number of nitrogens with one attached hydrogen (secondary N) is 1. The molecule has 0 saturated heterocycles. The highest BCUT2D eigenvalue weighted by Gasteiger charge is 2.13. The monoisotopic (exact) mass is 430 g/mol. The highest BCUT2D eigenvalue weighted by atomic mass is 32.1. The molecule has 1 aromatic carbocycles. The second-order valence-corrected chi connectivity index (χ2v) is 8.30. The highest BCUT2D eigenvalue weighted by molar-refractivity contribution is 7.14. The molecule has 156 valence electrons. The van der Waals surface area contributed by atoms with Gasteiger partial charge in [-0.25, -0.2) is 15.0 Å². The van der Waals surface area contributed by atoms with E-state index in [1.54, 1.807) is 12.4 Å². The summed E-state index contributed by atoms with van der Waals surface area (Å²) in [6.45, 7) is 5.93. The van der Waals surface area contributed by atoms with E-state index in [1.807, 2.05) is 69.3 Å². The van der Waals surface area contributed by atoms with Crippen LogP contribution in [0.4, 0.5) is 5.69 Å². The minimum Gasteiger partial charge on any atom is -0.438 e. The van der Waals surface area contributed by atoms with Gasteiger partial charge < -0.3 is 10.1 Å². The number of benzene rings is 1. The van der Waals surface area contributed by atoms with E-state index >= 15 is 0 Å². The number of thiophene rings is 1. The Morgan fingerprint density at radius 2 is 1.94 bits per heavy atom. The van der Waals surface area contributed by atoms with Crippen LogP contribution in [0.15, 0.2) is 60.9 Å². The molecule has 0 bridgehead atoms. The average molecular weight is 431 g/mol. The van der Waals surface area contributed by atoms with Crippen LogP contribution in [0.3, 0.4) is 0 Å². The lowest BCUT2D eigenvalue weighted by Gasteiger charge is -2.13. The first-order chi connectivity index (χ1) is 15.0. The molecule has 0 atom stereocenters. The molecule has 6 nitrogen and oxygen atoms in total. The minimum absolute atomic E-state index is 0.117. The number of anilines is 1. The summed E-state index contributed by atoms with van der Waals surface area (Å²) in [7, 11) is 0. The fraction of sp³-hybridized carbons (Fsp3) is 0.167. The zero-order chi connectivity index (χ0) is 21.8. The SMILES string of the molecule is CCc1nccc(-c2cccnc2Oc2ccc(NC(=O)c3ccc(C)s3)cc2C)n1. The number of hydrogen-bond acceptors (Lipinski definition) is 6. The molecule has 31 heavy (non-hydrogen) atoms. The van der Waals surface area contributed by atoms with Crippen molar-refractivity contribution < 1.29 is 9.53 Å². The second kappa shape index (κ2) is 9.06. The number of aryl methyl sites for hydroxylation is 3. The van der Waals surface area contributed by atoms with Crippen LogP contribution >= 0.6 is 11.3 Å². The van der Waals surface area contributed by atoms with Crippen LogP contribution in [-0.2, 0) is 6.42 Å². The van der Waals surface area contributed by atoms with Crippen molar-refractivity contribution in [2.45, 2.75) is 27.2 Å². The van der Waals surface area contributed by atoms with E-state index in [0.717, 1.165) is 33.9 Å². The molecule has 0 saturated carbocycles. The molecule has 0 spiro atoms. The van der Waals surface area contributed by atoms with Gasteiger partial charge >= 0.3 is 0 Å². The summed E-state index contributed by atoms with van der Waals surface area (Å²) < 4.78 is 6.13. The molecule has 0 radical (unpaired) electrons. The highest BCUT2D eigenvalue weighted by Crippen LogP contribution is 2.32. The third-order valence-electron chi connectivity index (χ3n) is 4.67. The summed E-state index contributed by atoms with van der Waals surface area (Å²) >= 11 is 1.47. The lowest BCUT2D eigenvalue weighted by molar-refractivity contribution is 0.103. The number of nitrogens with zero attached hydrogens (tertiary/aromatic N) is 3. The number of ether oxygens (including phenoxy) is 1. The molecular weight excluding hydrogens is 408 g/mol. The Labute approximate surface area is 185 Å². The Bertz CT molecular complexity index is 1240. The number of amides is 1. The molecule has 1 N–H and O–H groups in total. The van der Waals surface area contributed by atoms with E-state index in [-0.39, 0.29) is 5.91 Å². The van der Waals surface area contributed by atoms with Gasteiger partial charge in [-0.2, -0.15) is 0 Å². The normalized spacial score (nSPS) is 10.7. The number of aromatic nitrogens is 3. The maximum Gasteiger partial charge on any atom is 0.265 e. The molecule has 0 fully saturated rings. The van der Waals surface area contributed by atoms with E-state index in [2.05, 4.69) is 20.3 Å². The number of rotatable bonds is 6. The predicted octanol–water partition coefficient (Wildman–Crippen LogP) is 5.82. The van der Waals surface area contributed by atoms with Crippen molar-refractivity contribution in [2.75, 3.05) is 5.32 Å². The van der Waals surface area contributed by atoms with Crippen LogP contribution in [0.1, 0.15) is 32.9 Å². The molecule has 7 heteroatoms. The van der Waals surface area contributed by atoms with Crippen molar-refractivity contribution >= 4 is 22.9 Å². The van der Waals surface area contributed by atoms with Crippen molar-refractivity contribution in [3.8, 4) is 22.9 Å². The average Bonchev–Trinajstić information content (AvgIpc) is 3.22. The van der Waals surface area contributed by atoms with Crippen LogP contribution in [0.2, 0.25) is 0 Å². The Morgan fingerprint density at radius 3 is 2.68 bits per heavy atom. The Hall–Kier alpha value is -3.58. The Kier molecular flexibility index (Phi) is 6.04. The summed E-state index contributed by atoms with van der Waals surface area (Å²) in [6, 6.07) is 14.9. The number of hydrogen-bond donors (Lipinski definition) is 1. The molecule has 3 heterocycles. The number of carbonyl (C=O) groups is 1. The van der Waals surface area contributed by atoms with Crippen LogP contribution in [0.5, 0.6) is 11.6 Å². The molecule has 0 unspecified atom stereocenters. The molecule has 0 aliphatic heterocycles. The number of pyridine rings is 1. The first-order valence-corrected chi connectivity index (χ1v) is 10.8. The van der Waals surface area contributed by atoms with Crippen LogP contribution in [0, 0.1) is 13.8 Å². The van der Waals surface area contributed by atoms with E-state index in [0.29, 0.717) is 22.2 Å².